The topological polar surface area (TPSA) is 0 Å². The number of rotatable bonds is 5. The molecule has 1 rings (SSSR count). The highest BCUT2D eigenvalue weighted by atomic mass is 127. The zero-order valence-corrected chi connectivity index (χ0v) is 10.5. The average molecular weight is 305 g/mol. The molecule has 0 spiro atoms. The molecular formula is C12H15FI+. The van der Waals surface area contributed by atoms with Crippen molar-refractivity contribution in [2.24, 2.45) is 0 Å². The Morgan fingerprint density at radius 2 is 2.07 bits per heavy atom. The fraction of sp³-hybridized carbons (Fsp3) is 0.333. The number of benzene rings is 1. The Balaban J connectivity index is 2.39. The van der Waals surface area contributed by atoms with Crippen LogP contribution in [-0.2, 0) is 0 Å². The first-order chi connectivity index (χ1) is 6.83. The summed E-state index contributed by atoms with van der Waals surface area (Å²) >= 11 is -0.268. The predicted octanol–water partition coefficient (Wildman–Crippen LogP) is 0.946. The fourth-order valence-electron chi connectivity index (χ4n) is 1.01. The lowest BCUT2D eigenvalue weighted by molar-refractivity contribution is -0.558. The molecule has 0 aliphatic rings. The molecule has 1 aromatic carbocycles. The molecule has 0 saturated carbocycles. The second kappa shape index (κ2) is 6.98. The van der Waals surface area contributed by atoms with Gasteiger partial charge in [-0.1, -0.05) is 31.5 Å². The highest BCUT2D eigenvalue weighted by Gasteiger charge is 2.09. The van der Waals surface area contributed by atoms with Crippen LogP contribution in [0, 0.1) is 3.57 Å². The SMILES string of the molecule is CCCC/C(F)=C/[I+]c1ccccc1. The van der Waals surface area contributed by atoms with Crippen LogP contribution in [0.5, 0.6) is 0 Å². The molecule has 0 heterocycles. The lowest BCUT2D eigenvalue weighted by atomic mass is 10.2. The van der Waals surface area contributed by atoms with Crippen molar-refractivity contribution in [2.75, 3.05) is 0 Å². The van der Waals surface area contributed by atoms with Crippen molar-refractivity contribution in [3.8, 4) is 0 Å². The first kappa shape index (κ1) is 11.7. The largest absolute Gasteiger partial charge is 0.352 e. The Morgan fingerprint density at radius 1 is 1.36 bits per heavy atom. The summed E-state index contributed by atoms with van der Waals surface area (Å²) in [6.45, 7) is 2.08. The highest BCUT2D eigenvalue weighted by molar-refractivity contribution is 4.99. The van der Waals surface area contributed by atoms with Crippen LogP contribution in [0.3, 0.4) is 0 Å². The van der Waals surface area contributed by atoms with Crippen LogP contribution >= 0.6 is 0 Å². The van der Waals surface area contributed by atoms with Gasteiger partial charge in [0.2, 0.25) is 0 Å². The Bertz CT molecular complexity index is 280. The Hall–Kier alpha value is -0.380. The van der Waals surface area contributed by atoms with Gasteiger partial charge in [-0.15, -0.1) is 0 Å². The van der Waals surface area contributed by atoms with Crippen LogP contribution in [0.15, 0.2) is 40.2 Å². The van der Waals surface area contributed by atoms with Gasteiger partial charge in [0.25, 0.3) is 0 Å². The summed E-state index contributed by atoms with van der Waals surface area (Å²) in [7, 11) is 0. The molecule has 14 heavy (non-hydrogen) atoms. The number of hydrogen-bond donors (Lipinski definition) is 0. The zero-order chi connectivity index (χ0) is 10.2. The molecule has 0 unspecified atom stereocenters. The second-order valence-corrected chi connectivity index (χ2v) is 5.56. The number of hydrogen-bond acceptors (Lipinski definition) is 0. The van der Waals surface area contributed by atoms with Crippen LogP contribution in [0.2, 0.25) is 0 Å². The molecule has 2 heteroatoms. The maximum Gasteiger partial charge on any atom is 0.352 e. The third-order valence-corrected chi connectivity index (χ3v) is 4.23. The monoisotopic (exact) mass is 305 g/mol. The van der Waals surface area contributed by atoms with Gasteiger partial charge in [0.05, 0.1) is 0 Å². The molecule has 0 N–H and O–H groups in total. The quantitative estimate of drug-likeness (QED) is 0.711. The number of unbranched alkanes of at least 4 members (excludes halogenated alkanes) is 1. The third kappa shape index (κ3) is 4.74. The molecule has 0 fully saturated rings. The summed E-state index contributed by atoms with van der Waals surface area (Å²) in [4.78, 5) is 0. The summed E-state index contributed by atoms with van der Waals surface area (Å²) in [5.74, 6) is 0.0727. The molecule has 76 valence electrons. The van der Waals surface area contributed by atoms with Crippen molar-refractivity contribution < 1.29 is 25.6 Å². The number of allylic oxidation sites excluding steroid dienone is 1. The molecule has 0 aromatic heterocycles. The van der Waals surface area contributed by atoms with E-state index < -0.39 is 0 Å². The van der Waals surface area contributed by atoms with Gasteiger partial charge in [0.15, 0.2) is 7.65 Å². The summed E-state index contributed by atoms with van der Waals surface area (Å²) in [6.07, 6.45) is 2.63. The molecular weight excluding hydrogens is 290 g/mol. The summed E-state index contributed by atoms with van der Waals surface area (Å²) in [6, 6.07) is 10.1. The molecule has 0 bridgehead atoms. The van der Waals surface area contributed by atoms with Gasteiger partial charge >= 0.3 is 21.2 Å². The lowest BCUT2D eigenvalue weighted by Crippen LogP contribution is -3.59. The Labute approximate surface area is 95.5 Å². The highest BCUT2D eigenvalue weighted by Crippen LogP contribution is 2.05. The third-order valence-electron chi connectivity index (χ3n) is 1.80. The maximum atomic E-state index is 13.2. The maximum absolute atomic E-state index is 13.2. The zero-order valence-electron chi connectivity index (χ0n) is 8.34. The van der Waals surface area contributed by atoms with E-state index in [0.717, 1.165) is 12.8 Å². The van der Waals surface area contributed by atoms with Crippen molar-refractivity contribution in [3.05, 3.63) is 43.8 Å². The van der Waals surface area contributed by atoms with E-state index in [4.69, 9.17) is 0 Å². The van der Waals surface area contributed by atoms with Crippen LogP contribution < -0.4 is 21.2 Å². The van der Waals surface area contributed by atoms with Gasteiger partial charge in [-0.3, -0.25) is 0 Å². The van der Waals surface area contributed by atoms with E-state index in [0.29, 0.717) is 6.42 Å². The van der Waals surface area contributed by atoms with E-state index in [1.54, 1.807) is 4.08 Å². The van der Waals surface area contributed by atoms with E-state index in [1.165, 1.54) is 3.57 Å². The van der Waals surface area contributed by atoms with Crippen molar-refractivity contribution in [1.82, 2.24) is 0 Å². The van der Waals surface area contributed by atoms with E-state index in [9.17, 15) is 4.39 Å². The van der Waals surface area contributed by atoms with E-state index >= 15 is 0 Å². The minimum atomic E-state index is -0.268. The van der Waals surface area contributed by atoms with Crippen LogP contribution in [0.1, 0.15) is 26.2 Å². The van der Waals surface area contributed by atoms with Crippen molar-refractivity contribution in [1.29, 1.82) is 0 Å². The van der Waals surface area contributed by atoms with Gasteiger partial charge in [-0.25, -0.2) is 4.39 Å². The minimum absolute atomic E-state index is 0.0727. The van der Waals surface area contributed by atoms with Gasteiger partial charge in [-0.2, -0.15) is 0 Å². The van der Waals surface area contributed by atoms with E-state index in [1.807, 2.05) is 18.2 Å². The normalized spacial score (nSPS) is 11.7. The molecule has 0 amide bonds. The molecule has 0 radical (unpaired) electrons. The van der Waals surface area contributed by atoms with E-state index in [-0.39, 0.29) is 27.0 Å². The van der Waals surface area contributed by atoms with Crippen molar-refractivity contribution >= 4 is 0 Å². The second-order valence-electron chi connectivity index (χ2n) is 3.06. The molecule has 1 aromatic rings. The fourth-order valence-corrected chi connectivity index (χ4v) is 2.85. The van der Waals surface area contributed by atoms with Crippen LogP contribution in [0.25, 0.3) is 0 Å². The van der Waals surface area contributed by atoms with E-state index in [2.05, 4.69) is 19.1 Å². The molecule has 0 saturated heterocycles. The lowest BCUT2D eigenvalue weighted by Gasteiger charge is -1.89. The smallest absolute Gasteiger partial charge is 0.208 e. The Morgan fingerprint density at radius 3 is 2.71 bits per heavy atom. The molecule has 0 atom stereocenters. The number of halogens is 2. The summed E-state index contributed by atoms with van der Waals surface area (Å²) < 4.78 is 16.2. The molecule has 0 aliphatic heterocycles. The van der Waals surface area contributed by atoms with Gasteiger partial charge in [0.1, 0.15) is 5.83 Å². The summed E-state index contributed by atoms with van der Waals surface area (Å²) in [5.41, 5.74) is 0. The van der Waals surface area contributed by atoms with Crippen LogP contribution in [-0.4, -0.2) is 0 Å². The van der Waals surface area contributed by atoms with Gasteiger partial charge < -0.3 is 0 Å². The minimum Gasteiger partial charge on any atom is -0.208 e. The van der Waals surface area contributed by atoms with Crippen LogP contribution in [0.4, 0.5) is 4.39 Å². The Kier molecular flexibility index (Phi) is 5.83. The molecule has 0 nitrogen and oxygen atoms in total. The van der Waals surface area contributed by atoms with Gasteiger partial charge in [-0.05, 0) is 18.6 Å². The van der Waals surface area contributed by atoms with Gasteiger partial charge in [0, 0.05) is 6.42 Å². The average Bonchev–Trinajstić information content (AvgIpc) is 2.25. The summed E-state index contributed by atoms with van der Waals surface area (Å²) in [5, 5.41) is 0. The predicted molar refractivity (Wildman–Crippen MR) is 53.9 cm³/mol. The van der Waals surface area contributed by atoms with Crippen molar-refractivity contribution in [3.63, 3.8) is 0 Å². The first-order valence-corrected chi connectivity index (χ1v) is 7.18. The molecule has 0 aliphatic carbocycles. The standard InChI is InChI=1S/C12H15FI/c1-2-3-7-11(13)10-14-12-8-5-4-6-9-12/h4-6,8-10H,2-3,7H2,1H3/q+1/b11-10-. The van der Waals surface area contributed by atoms with Crippen molar-refractivity contribution in [2.45, 2.75) is 26.2 Å². The first-order valence-electron chi connectivity index (χ1n) is 4.86.